The Hall–Kier alpha value is -1.19. The zero-order valence-electron chi connectivity index (χ0n) is 24.8. The third kappa shape index (κ3) is 24.9. The molecule has 0 saturated heterocycles. The smallest absolute Gasteiger partial charge is 0.303 e. The van der Waals surface area contributed by atoms with Gasteiger partial charge in [-0.25, -0.2) is 0 Å². The first-order valence-electron chi connectivity index (χ1n) is 16.3. The maximum Gasteiger partial charge on any atom is 0.303 e. The van der Waals surface area contributed by atoms with Crippen LogP contribution in [0, 0.1) is 5.92 Å². The second kappa shape index (κ2) is 27.8. The highest BCUT2D eigenvalue weighted by molar-refractivity contribution is 6.02. The van der Waals surface area contributed by atoms with E-state index in [0.29, 0.717) is 25.7 Å². The molecule has 0 bridgehead atoms. The van der Waals surface area contributed by atoms with Gasteiger partial charge in [-0.15, -0.1) is 0 Å². The van der Waals surface area contributed by atoms with Crippen LogP contribution in [-0.2, 0) is 14.4 Å². The van der Waals surface area contributed by atoms with Crippen LogP contribution in [0.3, 0.4) is 0 Å². The molecule has 0 fully saturated rings. The Morgan fingerprint density at radius 1 is 0.432 bits per heavy atom. The first-order chi connectivity index (χ1) is 18.0. The summed E-state index contributed by atoms with van der Waals surface area (Å²) in [5.74, 6) is -1.33. The molecule has 37 heavy (non-hydrogen) atoms. The minimum absolute atomic E-state index is 0.0357. The second-order valence-electron chi connectivity index (χ2n) is 11.3. The molecule has 0 amide bonds. The summed E-state index contributed by atoms with van der Waals surface area (Å²) >= 11 is 0. The number of hydrogen-bond donors (Lipinski definition) is 1. The molecule has 0 unspecified atom stereocenters. The third-order valence-electron chi connectivity index (χ3n) is 7.71. The lowest BCUT2D eigenvalue weighted by Crippen LogP contribution is -2.24. The van der Waals surface area contributed by atoms with Gasteiger partial charge in [0.05, 0.1) is 5.92 Å². The molecule has 4 heteroatoms. The summed E-state index contributed by atoms with van der Waals surface area (Å²) in [6, 6.07) is 0. The van der Waals surface area contributed by atoms with E-state index in [1.165, 1.54) is 116 Å². The lowest BCUT2D eigenvalue weighted by atomic mass is 9.87. The van der Waals surface area contributed by atoms with Gasteiger partial charge in [-0.1, -0.05) is 142 Å². The van der Waals surface area contributed by atoms with E-state index in [4.69, 9.17) is 5.11 Å². The van der Waals surface area contributed by atoms with Crippen molar-refractivity contribution in [2.24, 2.45) is 5.92 Å². The van der Waals surface area contributed by atoms with Crippen LogP contribution in [0.2, 0.25) is 0 Å². The van der Waals surface area contributed by atoms with Crippen LogP contribution in [-0.4, -0.2) is 22.6 Å². The monoisotopic (exact) mass is 522 g/mol. The van der Waals surface area contributed by atoms with Crippen molar-refractivity contribution < 1.29 is 19.5 Å². The number of ketones is 2. The highest BCUT2D eigenvalue weighted by atomic mass is 16.4. The van der Waals surface area contributed by atoms with Gasteiger partial charge >= 0.3 is 5.97 Å². The summed E-state index contributed by atoms with van der Waals surface area (Å²) in [6.07, 6.45) is 29.1. The van der Waals surface area contributed by atoms with Crippen molar-refractivity contribution >= 4 is 17.5 Å². The van der Waals surface area contributed by atoms with Crippen LogP contribution in [0.15, 0.2) is 0 Å². The van der Waals surface area contributed by atoms with Gasteiger partial charge in [0.1, 0.15) is 11.6 Å². The Bertz CT molecular complexity index is 504. The Balaban J connectivity index is 4.05. The number of aliphatic carboxylic acids is 1. The van der Waals surface area contributed by atoms with Crippen LogP contribution >= 0.6 is 0 Å². The zero-order chi connectivity index (χ0) is 27.4. The topological polar surface area (TPSA) is 71.4 Å². The summed E-state index contributed by atoms with van der Waals surface area (Å²) in [5.41, 5.74) is 0. The lowest BCUT2D eigenvalue weighted by Gasteiger charge is -2.15. The van der Waals surface area contributed by atoms with E-state index in [2.05, 4.69) is 13.8 Å². The molecule has 4 nitrogen and oxygen atoms in total. The maximum atomic E-state index is 12.9. The van der Waals surface area contributed by atoms with Gasteiger partial charge in [-0.3, -0.25) is 14.4 Å². The fourth-order valence-electron chi connectivity index (χ4n) is 5.23. The minimum atomic E-state index is -0.852. The Kier molecular flexibility index (Phi) is 26.9. The predicted molar refractivity (Wildman–Crippen MR) is 157 cm³/mol. The van der Waals surface area contributed by atoms with Crippen molar-refractivity contribution in [2.45, 2.75) is 187 Å². The SMILES string of the molecule is CCCCCCCCCCCCCC(=O)C(CCCC(=O)O)C(=O)CCCCCCCCCCCCC. The minimum Gasteiger partial charge on any atom is -0.481 e. The van der Waals surface area contributed by atoms with Gasteiger partial charge in [-0.2, -0.15) is 0 Å². The van der Waals surface area contributed by atoms with Crippen LogP contribution in [0.1, 0.15) is 187 Å². The van der Waals surface area contributed by atoms with Gasteiger partial charge in [0.2, 0.25) is 0 Å². The summed E-state index contributed by atoms with van der Waals surface area (Å²) in [4.78, 5) is 36.6. The predicted octanol–water partition coefficient (Wildman–Crippen LogP) is 10.4. The quantitative estimate of drug-likeness (QED) is 0.0752. The Labute approximate surface area is 230 Å². The number of carbonyl (C=O) groups excluding carboxylic acids is 2. The van der Waals surface area contributed by atoms with E-state index in [-0.39, 0.29) is 18.0 Å². The lowest BCUT2D eigenvalue weighted by molar-refractivity contribution is -0.138. The number of hydrogen-bond acceptors (Lipinski definition) is 3. The van der Waals surface area contributed by atoms with Crippen molar-refractivity contribution in [3.8, 4) is 0 Å². The molecule has 0 aromatic heterocycles. The molecule has 0 heterocycles. The van der Waals surface area contributed by atoms with E-state index in [1.54, 1.807) is 0 Å². The maximum absolute atomic E-state index is 12.9. The fourth-order valence-corrected chi connectivity index (χ4v) is 5.23. The highest BCUT2D eigenvalue weighted by Crippen LogP contribution is 2.20. The molecule has 0 aliphatic rings. The van der Waals surface area contributed by atoms with Crippen LogP contribution in [0.4, 0.5) is 0 Å². The zero-order valence-corrected chi connectivity index (χ0v) is 24.8. The van der Waals surface area contributed by atoms with Crippen molar-refractivity contribution in [1.82, 2.24) is 0 Å². The van der Waals surface area contributed by atoms with E-state index < -0.39 is 11.9 Å². The number of rotatable bonds is 30. The van der Waals surface area contributed by atoms with Gasteiger partial charge in [-0.05, 0) is 25.7 Å². The fraction of sp³-hybridized carbons (Fsp3) is 0.909. The van der Waals surface area contributed by atoms with E-state index in [1.807, 2.05) is 0 Å². The van der Waals surface area contributed by atoms with Gasteiger partial charge in [0.15, 0.2) is 0 Å². The number of carboxylic acid groups (broad SMARTS) is 1. The number of carboxylic acids is 1. The van der Waals surface area contributed by atoms with E-state index in [9.17, 15) is 14.4 Å². The Morgan fingerprint density at radius 2 is 0.730 bits per heavy atom. The molecule has 0 rings (SSSR count). The van der Waals surface area contributed by atoms with Gasteiger partial charge < -0.3 is 5.11 Å². The molecule has 0 atom stereocenters. The molecular formula is C33H62O4. The molecule has 0 aliphatic carbocycles. The van der Waals surface area contributed by atoms with Crippen LogP contribution in [0.25, 0.3) is 0 Å². The average molecular weight is 523 g/mol. The summed E-state index contributed by atoms with van der Waals surface area (Å²) in [6.45, 7) is 4.50. The van der Waals surface area contributed by atoms with Crippen molar-refractivity contribution in [1.29, 1.82) is 0 Å². The average Bonchev–Trinajstić information content (AvgIpc) is 2.88. The first-order valence-corrected chi connectivity index (χ1v) is 16.3. The molecule has 0 aromatic carbocycles. The third-order valence-corrected chi connectivity index (χ3v) is 7.71. The second-order valence-corrected chi connectivity index (χ2v) is 11.3. The number of carbonyl (C=O) groups is 3. The number of Topliss-reactive ketones (excluding diaryl/α,β-unsaturated/α-hetero) is 2. The van der Waals surface area contributed by atoms with Crippen LogP contribution < -0.4 is 0 Å². The molecule has 0 radical (unpaired) electrons. The molecule has 0 saturated carbocycles. The molecule has 0 aliphatic heterocycles. The Morgan fingerprint density at radius 3 is 1.03 bits per heavy atom. The van der Waals surface area contributed by atoms with Crippen molar-refractivity contribution in [3.63, 3.8) is 0 Å². The van der Waals surface area contributed by atoms with Gasteiger partial charge in [0, 0.05) is 19.3 Å². The molecule has 1 N–H and O–H groups in total. The highest BCUT2D eigenvalue weighted by Gasteiger charge is 2.25. The first kappa shape index (κ1) is 35.8. The summed E-state index contributed by atoms with van der Waals surface area (Å²) in [7, 11) is 0. The molecule has 0 spiro atoms. The van der Waals surface area contributed by atoms with E-state index in [0.717, 1.165) is 25.7 Å². The molecule has 218 valence electrons. The number of unbranched alkanes of at least 4 members (excludes halogenated alkanes) is 20. The van der Waals surface area contributed by atoms with Gasteiger partial charge in [0.25, 0.3) is 0 Å². The molecular weight excluding hydrogens is 460 g/mol. The van der Waals surface area contributed by atoms with Crippen molar-refractivity contribution in [3.05, 3.63) is 0 Å². The summed E-state index contributed by atoms with van der Waals surface area (Å²) < 4.78 is 0. The van der Waals surface area contributed by atoms with E-state index >= 15 is 0 Å². The van der Waals surface area contributed by atoms with Crippen molar-refractivity contribution in [2.75, 3.05) is 0 Å². The summed E-state index contributed by atoms with van der Waals surface area (Å²) in [5, 5.41) is 8.97. The largest absolute Gasteiger partial charge is 0.481 e. The standard InChI is InChI=1S/C33H62O4/c1-3-5-7-9-11-13-15-17-19-21-23-27-31(34)30(26-25-29-33(36)37)32(35)28-24-22-20-18-16-14-12-10-8-6-4-2/h30H,3-29H2,1-2H3,(H,36,37). The van der Waals surface area contributed by atoms with Crippen LogP contribution in [0.5, 0.6) is 0 Å². The molecule has 0 aromatic rings. The normalized spacial score (nSPS) is 11.3.